The van der Waals surface area contributed by atoms with Gasteiger partial charge >= 0.3 is 0 Å². The maximum absolute atomic E-state index is 12.1. The third kappa shape index (κ3) is 5.22. The highest BCUT2D eigenvalue weighted by atomic mass is 32.2. The fourth-order valence-electron chi connectivity index (χ4n) is 2.31. The fourth-order valence-corrected chi connectivity index (χ4v) is 3.90. The van der Waals surface area contributed by atoms with Gasteiger partial charge < -0.3 is 10.1 Å². The Balaban J connectivity index is 2.31. The molecule has 1 rings (SSSR count). The minimum Gasteiger partial charge on any atom is -0.384 e. The minimum atomic E-state index is -3.04. The Hall–Kier alpha value is -0.170. The molecule has 0 aromatic carbocycles. The van der Waals surface area contributed by atoms with E-state index in [-0.39, 0.29) is 5.75 Å². The Morgan fingerprint density at radius 1 is 1.28 bits per heavy atom. The number of methoxy groups -OCH3 is 1. The van der Waals surface area contributed by atoms with Crippen LogP contribution in [0.15, 0.2) is 0 Å². The molecular formula is C12H26N2O3S. The molecule has 5 nitrogen and oxygen atoms in total. The van der Waals surface area contributed by atoms with Gasteiger partial charge in [0.2, 0.25) is 10.0 Å². The second kappa shape index (κ2) is 8.09. The van der Waals surface area contributed by atoms with Gasteiger partial charge in [-0.2, -0.15) is 0 Å². The molecular weight excluding hydrogens is 252 g/mol. The summed E-state index contributed by atoms with van der Waals surface area (Å²) in [4.78, 5) is 0. The first-order valence-corrected chi connectivity index (χ1v) is 8.32. The third-order valence-electron chi connectivity index (χ3n) is 3.45. The Labute approximate surface area is 111 Å². The zero-order chi connectivity index (χ0) is 13.4. The number of piperidine rings is 1. The normalized spacial score (nSPS) is 19.2. The summed E-state index contributed by atoms with van der Waals surface area (Å²) in [6.07, 6.45) is 3.49. The topological polar surface area (TPSA) is 58.6 Å². The number of nitrogens with zero attached hydrogens (tertiary/aromatic N) is 1. The molecule has 0 amide bonds. The van der Waals surface area contributed by atoms with Crippen molar-refractivity contribution in [1.29, 1.82) is 0 Å². The molecule has 18 heavy (non-hydrogen) atoms. The van der Waals surface area contributed by atoms with Crippen molar-refractivity contribution < 1.29 is 13.2 Å². The highest BCUT2D eigenvalue weighted by molar-refractivity contribution is 7.89. The molecule has 0 aromatic rings. The van der Waals surface area contributed by atoms with Crippen molar-refractivity contribution in [1.82, 2.24) is 9.62 Å². The lowest BCUT2D eigenvalue weighted by Gasteiger charge is -2.30. The van der Waals surface area contributed by atoms with Crippen LogP contribution in [0.1, 0.15) is 25.7 Å². The molecule has 0 aliphatic carbocycles. The maximum atomic E-state index is 12.1. The minimum absolute atomic E-state index is 0.281. The van der Waals surface area contributed by atoms with E-state index >= 15 is 0 Å². The summed E-state index contributed by atoms with van der Waals surface area (Å²) in [6, 6.07) is 0. The van der Waals surface area contributed by atoms with E-state index in [1.54, 1.807) is 11.4 Å². The number of rotatable bonds is 8. The second-order valence-electron chi connectivity index (χ2n) is 4.92. The van der Waals surface area contributed by atoms with Gasteiger partial charge in [0.05, 0.1) is 5.75 Å². The summed E-state index contributed by atoms with van der Waals surface area (Å²) in [5.41, 5.74) is 0. The van der Waals surface area contributed by atoms with Crippen molar-refractivity contribution in [3.8, 4) is 0 Å². The Morgan fingerprint density at radius 3 is 2.50 bits per heavy atom. The molecule has 6 heteroatoms. The molecule has 0 radical (unpaired) electrons. The SMILES string of the molecule is CNCCCCS(=O)(=O)N1CCC(COC)CC1. The highest BCUT2D eigenvalue weighted by Crippen LogP contribution is 2.20. The van der Waals surface area contributed by atoms with Gasteiger partial charge in [0.25, 0.3) is 0 Å². The van der Waals surface area contributed by atoms with Gasteiger partial charge in [-0.05, 0) is 45.2 Å². The Bertz CT molecular complexity index is 311. The van der Waals surface area contributed by atoms with Gasteiger partial charge in [-0.3, -0.25) is 0 Å². The van der Waals surface area contributed by atoms with E-state index in [1.165, 1.54) is 0 Å². The number of nitrogens with one attached hydrogen (secondary N) is 1. The molecule has 1 saturated heterocycles. The highest BCUT2D eigenvalue weighted by Gasteiger charge is 2.27. The Morgan fingerprint density at radius 2 is 1.94 bits per heavy atom. The molecule has 1 fully saturated rings. The van der Waals surface area contributed by atoms with Crippen molar-refractivity contribution in [3.05, 3.63) is 0 Å². The van der Waals surface area contributed by atoms with Gasteiger partial charge in [-0.25, -0.2) is 12.7 Å². The number of hydrogen-bond donors (Lipinski definition) is 1. The van der Waals surface area contributed by atoms with Crippen LogP contribution in [0.5, 0.6) is 0 Å². The van der Waals surface area contributed by atoms with Crippen LogP contribution in [0.3, 0.4) is 0 Å². The maximum Gasteiger partial charge on any atom is 0.214 e. The van der Waals surface area contributed by atoms with Crippen molar-refractivity contribution in [2.75, 3.05) is 46.2 Å². The van der Waals surface area contributed by atoms with Crippen molar-refractivity contribution in [2.45, 2.75) is 25.7 Å². The molecule has 0 atom stereocenters. The first-order chi connectivity index (χ1) is 8.60. The van der Waals surface area contributed by atoms with E-state index in [4.69, 9.17) is 4.74 Å². The van der Waals surface area contributed by atoms with Crippen molar-refractivity contribution in [2.24, 2.45) is 5.92 Å². The smallest absolute Gasteiger partial charge is 0.214 e. The summed E-state index contributed by atoms with van der Waals surface area (Å²) in [5, 5.41) is 3.03. The zero-order valence-corrected chi connectivity index (χ0v) is 12.3. The monoisotopic (exact) mass is 278 g/mol. The van der Waals surface area contributed by atoms with Crippen LogP contribution in [0, 0.1) is 5.92 Å². The first-order valence-electron chi connectivity index (χ1n) is 6.71. The van der Waals surface area contributed by atoms with Crippen molar-refractivity contribution >= 4 is 10.0 Å². The summed E-state index contributed by atoms with van der Waals surface area (Å²) in [6.45, 7) is 2.94. The molecule has 0 spiro atoms. The van der Waals surface area contributed by atoms with E-state index in [0.717, 1.165) is 38.8 Å². The van der Waals surface area contributed by atoms with Crippen LogP contribution in [0.2, 0.25) is 0 Å². The summed E-state index contributed by atoms with van der Waals surface area (Å²) >= 11 is 0. The molecule has 0 unspecified atom stereocenters. The predicted molar refractivity (Wildman–Crippen MR) is 73.1 cm³/mol. The molecule has 1 heterocycles. The number of unbranched alkanes of at least 4 members (excludes halogenated alkanes) is 1. The quantitative estimate of drug-likeness (QED) is 0.663. The van der Waals surface area contributed by atoms with Gasteiger partial charge in [0.1, 0.15) is 0 Å². The van der Waals surface area contributed by atoms with Crippen LogP contribution >= 0.6 is 0 Å². The standard InChI is InChI=1S/C12H26N2O3S/c1-13-7-3-4-10-18(15,16)14-8-5-12(6-9-14)11-17-2/h12-13H,3-11H2,1-2H3. The van der Waals surface area contributed by atoms with E-state index in [9.17, 15) is 8.42 Å². The summed E-state index contributed by atoms with van der Waals surface area (Å²) in [5.74, 6) is 0.801. The molecule has 0 aromatic heterocycles. The molecule has 1 aliphatic rings. The number of ether oxygens (including phenoxy) is 1. The predicted octanol–water partition coefficient (Wildman–Crippen LogP) is 0.674. The fraction of sp³-hybridized carbons (Fsp3) is 1.00. The van der Waals surface area contributed by atoms with Gasteiger partial charge in [-0.1, -0.05) is 0 Å². The van der Waals surface area contributed by atoms with E-state index < -0.39 is 10.0 Å². The second-order valence-corrected chi connectivity index (χ2v) is 7.01. The van der Waals surface area contributed by atoms with Gasteiger partial charge in [0.15, 0.2) is 0 Å². The number of sulfonamides is 1. The van der Waals surface area contributed by atoms with Crippen molar-refractivity contribution in [3.63, 3.8) is 0 Å². The van der Waals surface area contributed by atoms with Crippen LogP contribution < -0.4 is 5.32 Å². The lowest BCUT2D eigenvalue weighted by molar-refractivity contribution is 0.121. The molecule has 1 aliphatic heterocycles. The molecule has 108 valence electrons. The van der Waals surface area contributed by atoms with Crippen LogP contribution in [0.25, 0.3) is 0 Å². The van der Waals surface area contributed by atoms with E-state index in [1.807, 2.05) is 7.05 Å². The first kappa shape index (κ1) is 15.9. The lowest BCUT2D eigenvalue weighted by Crippen LogP contribution is -2.40. The summed E-state index contributed by atoms with van der Waals surface area (Å²) < 4.78 is 30.9. The molecule has 1 N–H and O–H groups in total. The van der Waals surface area contributed by atoms with Crippen LogP contribution in [-0.2, 0) is 14.8 Å². The number of hydrogen-bond acceptors (Lipinski definition) is 4. The zero-order valence-electron chi connectivity index (χ0n) is 11.5. The average Bonchev–Trinajstić information content (AvgIpc) is 2.36. The lowest BCUT2D eigenvalue weighted by atomic mass is 9.99. The average molecular weight is 278 g/mol. The Kier molecular flexibility index (Phi) is 7.14. The molecule has 0 bridgehead atoms. The van der Waals surface area contributed by atoms with Crippen LogP contribution in [0.4, 0.5) is 0 Å². The van der Waals surface area contributed by atoms with Gasteiger partial charge in [-0.15, -0.1) is 0 Å². The molecule has 0 saturated carbocycles. The summed E-state index contributed by atoms with van der Waals surface area (Å²) in [7, 11) is 0.546. The van der Waals surface area contributed by atoms with Gasteiger partial charge in [0, 0.05) is 26.8 Å². The van der Waals surface area contributed by atoms with Crippen LogP contribution in [-0.4, -0.2) is 58.9 Å². The van der Waals surface area contributed by atoms with E-state index in [2.05, 4.69) is 5.32 Å². The third-order valence-corrected chi connectivity index (χ3v) is 5.40. The van der Waals surface area contributed by atoms with E-state index in [0.29, 0.717) is 19.0 Å². The largest absolute Gasteiger partial charge is 0.384 e.